The second-order valence-electron chi connectivity index (χ2n) is 29.0. The van der Waals surface area contributed by atoms with Gasteiger partial charge in [-0.25, -0.2) is 4.79 Å². The van der Waals surface area contributed by atoms with Gasteiger partial charge in [0.25, 0.3) is 0 Å². The summed E-state index contributed by atoms with van der Waals surface area (Å²) in [4.78, 5) is 139. The van der Waals surface area contributed by atoms with E-state index in [0.29, 0.717) is 12.1 Å². The lowest BCUT2D eigenvalue weighted by atomic mass is 9.76. The molecule has 1 aliphatic carbocycles. The summed E-state index contributed by atoms with van der Waals surface area (Å²) >= 11 is 2.64. The van der Waals surface area contributed by atoms with E-state index in [0.717, 1.165) is 18.9 Å². The molecule has 0 bridgehead atoms. The van der Waals surface area contributed by atoms with Gasteiger partial charge >= 0.3 is 6.09 Å². The average molecular weight is 1850 g/mol. The number of halogens is 1. The quantitative estimate of drug-likeness (QED) is 0.0110. The molecule has 3 fully saturated rings. The minimum Gasteiger partial charge on any atom is -0.492 e. The van der Waals surface area contributed by atoms with Crippen molar-refractivity contribution < 1.29 is 136 Å². The summed E-state index contributed by atoms with van der Waals surface area (Å²) in [6.45, 7) is 17.8. The number of hydrogen-bond acceptors (Lipinski definition) is 32. The number of primary amides is 1. The number of hydroxylamine groups is 1. The molecule has 5 rings (SSSR count). The molecule has 4 aliphatic rings. The van der Waals surface area contributed by atoms with Crippen molar-refractivity contribution in [3.63, 3.8) is 0 Å². The SMILES string of the molecule is CC#C/C=C\C#C[C@H](OC1OC(C)C(NOC2CC(O)C(SC(=O)c3c(C)c(I)c(OC(O)C(O)C(OC)C(O)CC)c(OC)c3OC)C(C)O2)C(O)C1OC1CC(OC)C(N(CC)C(C)=O)CO1)C1=C(NC(=O)OC)C(=O)C[C@](C)(O)/C1=C/CSSC(C)(C)CC(=O)NCCNC(=O)[C@H](C)NC(=O)[C@H](CC(N)=O)NC(=O)CCCC(=O)NC. The number of aliphatic hydroxyl groups is 6. The van der Waals surface area contributed by atoms with Crippen LogP contribution >= 0.6 is 55.9 Å². The van der Waals surface area contributed by atoms with E-state index >= 15 is 0 Å². The molecule has 1 aromatic carbocycles. The molecule has 0 aromatic heterocycles. The van der Waals surface area contributed by atoms with Crippen LogP contribution < -0.4 is 57.3 Å². The van der Waals surface area contributed by atoms with Crippen LogP contribution in [-0.2, 0) is 81.1 Å². The number of benzene rings is 1. The van der Waals surface area contributed by atoms with Gasteiger partial charge in [0, 0.05) is 102 Å². The summed E-state index contributed by atoms with van der Waals surface area (Å²) in [6, 6.07) is -4.37. The third-order valence-electron chi connectivity index (χ3n) is 19.5. The normalized spacial score (nSPS) is 25.3. The Morgan fingerprint density at radius 2 is 1.55 bits per heavy atom. The van der Waals surface area contributed by atoms with Crippen molar-refractivity contribution in [1.29, 1.82) is 0 Å². The first kappa shape index (κ1) is 103. The van der Waals surface area contributed by atoms with Crippen molar-refractivity contribution >= 4 is 114 Å². The zero-order valence-corrected chi connectivity index (χ0v) is 74.5. The average Bonchev–Trinajstić information content (AvgIpc) is 0.762. The Bertz CT molecular complexity index is 3900. The number of methoxy groups -OCH3 is 5. The van der Waals surface area contributed by atoms with E-state index in [9.17, 15) is 78.6 Å². The first-order valence-corrected chi connectivity index (χ1v) is 42.8. The van der Waals surface area contributed by atoms with Gasteiger partial charge in [-0.1, -0.05) is 64.1 Å². The van der Waals surface area contributed by atoms with Crippen LogP contribution in [0.5, 0.6) is 17.2 Å². The van der Waals surface area contributed by atoms with Gasteiger partial charge < -0.3 is 120 Å². The lowest BCUT2D eigenvalue weighted by Crippen LogP contribution is -2.65. The number of amides is 8. The number of carbonyl (C=O) groups excluding carboxylic acids is 10. The molecule has 3 heterocycles. The topological polar surface area (TPSA) is 516 Å². The van der Waals surface area contributed by atoms with Gasteiger partial charge in [0.2, 0.25) is 58.5 Å². The molecule has 37 nitrogen and oxygen atoms in total. The number of rotatable bonds is 42. The molecule has 0 radical (unpaired) electrons. The van der Waals surface area contributed by atoms with Crippen LogP contribution in [-0.4, -0.2) is 294 Å². The fourth-order valence-electron chi connectivity index (χ4n) is 13.4. The molecule has 119 heavy (non-hydrogen) atoms. The van der Waals surface area contributed by atoms with Crippen LogP contribution in [0.2, 0.25) is 0 Å². The molecule has 3 aliphatic heterocycles. The summed E-state index contributed by atoms with van der Waals surface area (Å²) < 4.78 is 65.8. The number of aliphatic hydroxyl groups excluding tert-OH is 5. The third kappa shape index (κ3) is 29.6. The van der Waals surface area contributed by atoms with Gasteiger partial charge in [-0.15, -0.1) is 5.92 Å². The zero-order valence-electron chi connectivity index (χ0n) is 69.9. The van der Waals surface area contributed by atoms with Gasteiger partial charge in [0.05, 0.1) is 103 Å². The van der Waals surface area contributed by atoms with Crippen molar-refractivity contribution in [3.8, 4) is 40.9 Å². The maximum Gasteiger partial charge on any atom is 0.411 e. The number of ether oxygens (including phenoxy) is 11. The molecule has 8 amide bonds. The zero-order chi connectivity index (χ0) is 88.9. The number of thioether (sulfide) groups is 1. The lowest BCUT2D eigenvalue weighted by molar-refractivity contribution is -0.337. The van der Waals surface area contributed by atoms with E-state index in [-0.39, 0.29) is 125 Å². The summed E-state index contributed by atoms with van der Waals surface area (Å²) in [5.74, 6) is 6.46. The van der Waals surface area contributed by atoms with E-state index in [1.807, 2.05) is 22.6 Å². The highest BCUT2D eigenvalue weighted by molar-refractivity contribution is 14.1. The van der Waals surface area contributed by atoms with Crippen LogP contribution in [0.15, 0.2) is 35.1 Å². The van der Waals surface area contributed by atoms with Gasteiger partial charge in [0.15, 0.2) is 36.2 Å². The van der Waals surface area contributed by atoms with Gasteiger partial charge in [-0.2, -0.15) is 5.48 Å². The Morgan fingerprint density at radius 3 is 2.16 bits per heavy atom. The van der Waals surface area contributed by atoms with Crippen LogP contribution in [0, 0.1) is 34.2 Å². The maximum atomic E-state index is 14.6. The largest absolute Gasteiger partial charge is 0.492 e. The predicted molar refractivity (Wildman–Crippen MR) is 445 cm³/mol. The molecular formula is C78H116IN9O28S3. The van der Waals surface area contributed by atoms with Gasteiger partial charge in [0.1, 0.15) is 42.6 Å². The molecule has 41 heteroatoms. The van der Waals surface area contributed by atoms with E-state index in [1.54, 1.807) is 66.4 Å². The maximum absolute atomic E-state index is 14.6. The van der Waals surface area contributed by atoms with E-state index in [1.165, 1.54) is 90.0 Å². The number of nitrogens with zero attached hydrogens (tertiary/aromatic N) is 1. The van der Waals surface area contributed by atoms with Crippen LogP contribution in [0.3, 0.4) is 0 Å². The Hall–Kier alpha value is -6.96. The number of ketones is 1. The van der Waals surface area contributed by atoms with Crippen molar-refractivity contribution in [2.45, 2.75) is 260 Å². The molecule has 3 saturated heterocycles. The Morgan fingerprint density at radius 1 is 0.882 bits per heavy atom. The fraction of sp³-hybridized carbons (Fsp3) is 0.667. The summed E-state index contributed by atoms with van der Waals surface area (Å²) in [7, 11) is 10.4. The van der Waals surface area contributed by atoms with Crippen LogP contribution in [0.25, 0.3) is 0 Å². The molecule has 1 aromatic rings. The second-order valence-corrected chi connectivity index (χ2v) is 34.2. The number of carbonyl (C=O) groups is 10. The standard InChI is InChI=1S/C78H116IN9O28S3/c1-18-21-22-23-24-26-50(59-44(78(11,104)36-49(92)62(59)86-76(103)109-17)29-32-117-119-77(9,10)37-55(96)82-30-31-83-71(99)40(5)84-72(100)45(33-52(80)93)85-54(95)28-25-27-53(94)81-12)113-75-68(114-56-35-51(105-13)46(38-110-56)88(20-3)43(8)89)63(97)61(41(6)112-75)87-116-57-34-48(91)70(42(7)111-57)118-74(102)58-39(4)60(79)67(69(108-16)66(58)107-15)115-73(101)64(98)65(106-14)47(90)19-2/h22-23,29,40-42,45-48,50-51,56-57,61,63-65,68,70,73,75,87,90-91,97-98,101,104H,19-20,25,27-28,30-38H2,1-17H3,(H2,80,93)(H,81,94)(H,82,96)(H,83,99)(H,84,100)(H,85,95)(H,86,103)/b23-22-,44-29+/t40-,41?,42?,45-,46?,47?,48?,50-,51?,56?,57?,61?,63?,64?,65?,68?,70?,73?,75?,78-/m0/s1. The number of alkyl carbamates (subject to hydrolysis) is 1. The number of nitrogens with one attached hydrogen (secondary N) is 7. The van der Waals surface area contributed by atoms with E-state index < -0.39 is 185 Å². The monoisotopic (exact) mass is 1850 g/mol. The minimum absolute atomic E-state index is 0.0101. The molecule has 666 valence electrons. The first-order valence-electron chi connectivity index (χ1n) is 38.5. The summed E-state index contributed by atoms with van der Waals surface area (Å²) in [6.07, 6.45) is -17.0. The first-order chi connectivity index (χ1) is 56.2. The van der Waals surface area contributed by atoms with Crippen molar-refractivity contribution in [2.75, 3.05) is 74.6 Å². The number of nitrogens with two attached hydrogens (primary N) is 1. The number of Topliss-reactive ketones (excluding diaryl/α,β-unsaturated/α-hetero) is 1. The number of allylic oxidation sites excluding steroid dienone is 3. The van der Waals surface area contributed by atoms with Crippen molar-refractivity contribution in [1.82, 2.24) is 42.3 Å². The Balaban J connectivity index is 1.40. The Kier molecular flexibility index (Phi) is 42.6. The van der Waals surface area contributed by atoms with Crippen LogP contribution in [0.4, 0.5) is 4.79 Å². The summed E-state index contributed by atoms with van der Waals surface area (Å²) in [5, 5.41) is 83.4. The highest BCUT2D eigenvalue weighted by atomic mass is 127. The van der Waals surface area contributed by atoms with Crippen molar-refractivity contribution in [2.24, 2.45) is 5.73 Å². The third-order valence-corrected chi connectivity index (χ3v) is 25.4. The lowest BCUT2D eigenvalue weighted by Gasteiger charge is -2.47. The number of hydrogen-bond donors (Lipinski definition) is 14. The summed E-state index contributed by atoms with van der Waals surface area (Å²) in [5.41, 5.74) is 6.04. The second kappa shape index (κ2) is 49.4. The van der Waals surface area contributed by atoms with Gasteiger partial charge in [-0.3, -0.25) is 53.3 Å². The molecule has 0 spiro atoms. The molecule has 20 atom stereocenters. The fourth-order valence-corrected chi connectivity index (χ4v) is 17.5. The molecule has 16 unspecified atom stereocenters. The van der Waals surface area contributed by atoms with Crippen LogP contribution in [0.1, 0.15) is 143 Å². The highest BCUT2D eigenvalue weighted by Gasteiger charge is 2.52. The molecule has 15 N–H and O–H groups in total. The number of likely N-dealkylation sites (N-methyl/N-ethyl adjacent to an activating group) is 1. The Labute approximate surface area is 718 Å². The van der Waals surface area contributed by atoms with Crippen molar-refractivity contribution in [3.05, 3.63) is 49.8 Å². The minimum atomic E-state index is -2.01. The highest BCUT2D eigenvalue weighted by Crippen LogP contribution is 2.49. The molecule has 0 saturated carbocycles. The molecular weight excluding hydrogens is 1730 g/mol. The predicted octanol–water partition coefficient (Wildman–Crippen LogP) is 1.37. The van der Waals surface area contributed by atoms with Gasteiger partial charge in [-0.05, 0) is 121 Å². The smallest absolute Gasteiger partial charge is 0.411 e. The van der Waals surface area contributed by atoms with E-state index in [2.05, 4.69) is 61.1 Å². The van der Waals surface area contributed by atoms with E-state index in [4.69, 9.17) is 62.7 Å².